The summed E-state index contributed by atoms with van der Waals surface area (Å²) in [7, 11) is 0. The average Bonchev–Trinajstić information content (AvgIpc) is 2.10. The molecule has 0 aliphatic rings. The number of halogens is 3. The van der Waals surface area contributed by atoms with E-state index < -0.39 is 5.82 Å². The highest BCUT2D eigenvalue weighted by Crippen LogP contribution is 2.32. The molecule has 0 spiro atoms. The van der Waals surface area contributed by atoms with Crippen molar-refractivity contribution in [2.45, 2.75) is 19.4 Å². The summed E-state index contributed by atoms with van der Waals surface area (Å²) < 4.78 is 13.2. The van der Waals surface area contributed by atoms with Crippen molar-refractivity contribution in [1.82, 2.24) is 0 Å². The van der Waals surface area contributed by atoms with Gasteiger partial charge >= 0.3 is 0 Å². The lowest BCUT2D eigenvalue weighted by molar-refractivity contribution is 0.453. The van der Waals surface area contributed by atoms with E-state index >= 15 is 0 Å². The molecule has 0 unspecified atom stereocenters. The highest BCUT2D eigenvalue weighted by atomic mass is 79.9. The van der Waals surface area contributed by atoms with Crippen LogP contribution in [0.1, 0.15) is 24.9 Å². The Morgan fingerprint density at radius 1 is 1.57 bits per heavy atom. The Kier molecular flexibility index (Phi) is 5.41. The largest absolute Gasteiger partial charge is 0.506 e. The molecule has 0 aromatic heterocycles. The first kappa shape index (κ1) is 13.7. The summed E-state index contributed by atoms with van der Waals surface area (Å²) >= 11 is 3.05. The summed E-state index contributed by atoms with van der Waals surface area (Å²) in [4.78, 5) is 0. The number of benzene rings is 1. The summed E-state index contributed by atoms with van der Waals surface area (Å²) in [6, 6.07) is 2.14. The fraction of sp³-hybridized carbons (Fsp3) is 0.333. The van der Waals surface area contributed by atoms with Crippen LogP contribution >= 0.6 is 28.3 Å². The van der Waals surface area contributed by atoms with Crippen LogP contribution in [-0.2, 0) is 0 Å². The van der Waals surface area contributed by atoms with Crippen LogP contribution in [0.5, 0.6) is 5.75 Å². The van der Waals surface area contributed by atoms with E-state index in [-0.39, 0.29) is 24.2 Å². The Balaban J connectivity index is 0.00000169. The number of hydrogen-bond acceptors (Lipinski definition) is 2. The fourth-order valence-electron chi connectivity index (χ4n) is 1.09. The topological polar surface area (TPSA) is 46.2 Å². The Bertz CT molecular complexity index is 322. The third kappa shape index (κ3) is 2.83. The summed E-state index contributed by atoms with van der Waals surface area (Å²) in [6.07, 6.45) is 0.656. The van der Waals surface area contributed by atoms with Gasteiger partial charge in [0, 0.05) is 11.6 Å². The van der Waals surface area contributed by atoms with Crippen LogP contribution < -0.4 is 5.73 Å². The van der Waals surface area contributed by atoms with E-state index in [4.69, 9.17) is 5.73 Å². The Labute approximate surface area is 96.8 Å². The van der Waals surface area contributed by atoms with E-state index in [1.165, 1.54) is 12.1 Å². The smallest absolute Gasteiger partial charge is 0.134 e. The number of rotatable bonds is 2. The molecular weight excluding hydrogens is 272 g/mol. The number of hydrogen-bond donors (Lipinski definition) is 2. The maximum Gasteiger partial charge on any atom is 0.134 e. The third-order valence-corrected chi connectivity index (χ3v) is 2.50. The molecule has 0 aliphatic heterocycles. The first-order chi connectivity index (χ1) is 6.06. The quantitative estimate of drug-likeness (QED) is 0.876. The highest BCUT2D eigenvalue weighted by molar-refractivity contribution is 9.10. The molecule has 0 saturated heterocycles. The van der Waals surface area contributed by atoms with Crippen LogP contribution in [0.15, 0.2) is 16.6 Å². The number of phenolic OH excluding ortho intramolecular Hbond substituents is 1. The molecule has 0 heterocycles. The predicted octanol–water partition coefficient (Wildman–Crippen LogP) is 3.13. The van der Waals surface area contributed by atoms with Crippen LogP contribution in [-0.4, -0.2) is 5.11 Å². The Morgan fingerprint density at radius 2 is 2.14 bits per heavy atom. The number of nitrogens with two attached hydrogens (primary N) is 1. The van der Waals surface area contributed by atoms with Gasteiger partial charge in [0.05, 0.1) is 4.47 Å². The molecule has 14 heavy (non-hydrogen) atoms. The Morgan fingerprint density at radius 3 is 2.64 bits per heavy atom. The molecule has 5 heteroatoms. The maximum absolute atomic E-state index is 12.9. The molecule has 1 aromatic rings. The second-order valence-corrected chi connectivity index (χ2v) is 3.69. The molecule has 0 amide bonds. The molecule has 0 bridgehead atoms. The van der Waals surface area contributed by atoms with Gasteiger partial charge in [-0.15, -0.1) is 12.4 Å². The predicted molar refractivity (Wildman–Crippen MR) is 60.2 cm³/mol. The zero-order valence-electron chi connectivity index (χ0n) is 7.63. The van der Waals surface area contributed by atoms with Crippen molar-refractivity contribution in [1.29, 1.82) is 0 Å². The van der Waals surface area contributed by atoms with E-state index in [2.05, 4.69) is 15.9 Å². The van der Waals surface area contributed by atoms with Gasteiger partial charge in [0.1, 0.15) is 11.6 Å². The van der Waals surface area contributed by atoms with Crippen LogP contribution in [0.3, 0.4) is 0 Å². The normalized spacial score (nSPS) is 12.0. The molecule has 0 saturated carbocycles. The van der Waals surface area contributed by atoms with Gasteiger partial charge in [0.2, 0.25) is 0 Å². The lowest BCUT2D eigenvalue weighted by Gasteiger charge is -2.12. The van der Waals surface area contributed by atoms with Gasteiger partial charge in [0.15, 0.2) is 0 Å². The van der Waals surface area contributed by atoms with E-state index in [9.17, 15) is 9.50 Å². The molecule has 1 rings (SSSR count). The highest BCUT2D eigenvalue weighted by Gasteiger charge is 2.13. The molecule has 1 aromatic carbocycles. The molecular formula is C9H12BrClFNO. The van der Waals surface area contributed by atoms with Crippen LogP contribution in [0.25, 0.3) is 0 Å². The lowest BCUT2D eigenvalue weighted by Crippen LogP contribution is -2.09. The van der Waals surface area contributed by atoms with E-state index in [0.717, 1.165) is 0 Å². The molecule has 1 atom stereocenters. The van der Waals surface area contributed by atoms with Crippen LogP contribution in [0, 0.1) is 5.82 Å². The average molecular weight is 285 g/mol. The van der Waals surface area contributed by atoms with Crippen molar-refractivity contribution in [3.8, 4) is 5.75 Å². The van der Waals surface area contributed by atoms with Crippen molar-refractivity contribution in [3.05, 3.63) is 28.0 Å². The van der Waals surface area contributed by atoms with Crippen LogP contribution in [0.2, 0.25) is 0 Å². The van der Waals surface area contributed by atoms with Crippen molar-refractivity contribution in [2.24, 2.45) is 5.73 Å². The van der Waals surface area contributed by atoms with Crippen molar-refractivity contribution < 1.29 is 9.50 Å². The molecule has 0 aliphatic carbocycles. The van der Waals surface area contributed by atoms with E-state index in [0.29, 0.717) is 16.5 Å². The molecule has 0 fully saturated rings. The van der Waals surface area contributed by atoms with Gasteiger partial charge in [-0.3, -0.25) is 0 Å². The number of phenols is 1. The van der Waals surface area contributed by atoms with Crippen molar-refractivity contribution in [2.75, 3.05) is 0 Å². The third-order valence-electron chi connectivity index (χ3n) is 1.90. The standard InChI is InChI=1S/C9H11BrFNO.ClH/c1-2-8(12)6-3-5(11)4-7(10)9(6)13;/h3-4,8,13H,2,12H2,1H3;1H/t8-;/m0./s1. The zero-order valence-corrected chi connectivity index (χ0v) is 10.0. The fourth-order valence-corrected chi connectivity index (χ4v) is 1.54. The number of aromatic hydroxyl groups is 1. The first-order valence-corrected chi connectivity index (χ1v) is 4.79. The maximum atomic E-state index is 12.9. The molecule has 0 radical (unpaired) electrons. The molecule has 3 N–H and O–H groups in total. The second kappa shape index (κ2) is 5.53. The Hall–Kier alpha value is -0.320. The van der Waals surface area contributed by atoms with Gasteiger partial charge < -0.3 is 10.8 Å². The van der Waals surface area contributed by atoms with Crippen molar-refractivity contribution in [3.63, 3.8) is 0 Å². The summed E-state index contributed by atoms with van der Waals surface area (Å²) in [6.45, 7) is 1.88. The van der Waals surface area contributed by atoms with Gasteiger partial charge in [-0.25, -0.2) is 4.39 Å². The minimum absolute atomic E-state index is 0. The van der Waals surface area contributed by atoms with Gasteiger partial charge in [0.25, 0.3) is 0 Å². The first-order valence-electron chi connectivity index (χ1n) is 3.99. The monoisotopic (exact) mass is 283 g/mol. The zero-order chi connectivity index (χ0) is 10.0. The van der Waals surface area contributed by atoms with Crippen LogP contribution in [0.4, 0.5) is 4.39 Å². The molecule has 80 valence electrons. The summed E-state index contributed by atoms with van der Waals surface area (Å²) in [5.74, 6) is -0.376. The van der Waals surface area contributed by atoms with Gasteiger partial charge in [-0.05, 0) is 34.5 Å². The summed E-state index contributed by atoms with van der Waals surface area (Å²) in [5, 5.41) is 9.53. The van der Waals surface area contributed by atoms with E-state index in [1.807, 2.05) is 6.92 Å². The minimum atomic E-state index is -0.399. The minimum Gasteiger partial charge on any atom is -0.506 e. The lowest BCUT2D eigenvalue weighted by atomic mass is 10.0. The van der Waals surface area contributed by atoms with Gasteiger partial charge in [-0.1, -0.05) is 6.92 Å². The SMILES string of the molecule is CC[C@H](N)c1cc(F)cc(Br)c1O.Cl. The molecule has 2 nitrogen and oxygen atoms in total. The van der Waals surface area contributed by atoms with Crippen molar-refractivity contribution >= 4 is 28.3 Å². The summed E-state index contributed by atoms with van der Waals surface area (Å²) in [5.41, 5.74) is 6.12. The second-order valence-electron chi connectivity index (χ2n) is 2.84. The van der Waals surface area contributed by atoms with Gasteiger partial charge in [-0.2, -0.15) is 0 Å². The van der Waals surface area contributed by atoms with E-state index in [1.54, 1.807) is 0 Å².